The molecule has 10 heavy (non-hydrogen) atoms. The van der Waals surface area contributed by atoms with E-state index in [0.29, 0.717) is 10.0 Å². The van der Waals surface area contributed by atoms with Gasteiger partial charge in [0.05, 0.1) is 10.0 Å². The number of hydrogen-bond acceptors (Lipinski definition) is 1. The Labute approximate surface area is 70.7 Å². The van der Waals surface area contributed by atoms with E-state index >= 15 is 0 Å². The predicted octanol–water partition coefficient (Wildman–Crippen LogP) is 2.57. The van der Waals surface area contributed by atoms with E-state index in [1.54, 1.807) is 12.1 Å². The van der Waals surface area contributed by atoms with Crippen LogP contribution in [0.15, 0.2) is 24.3 Å². The van der Waals surface area contributed by atoms with Crippen LogP contribution in [-0.2, 0) is 0 Å². The van der Waals surface area contributed by atoms with E-state index in [1.807, 2.05) is 12.1 Å². The van der Waals surface area contributed by atoms with Crippen LogP contribution in [0.5, 0.6) is 0 Å². The second-order valence-corrected chi connectivity index (χ2v) is 2.23. The molecular weight excluding hydrogens is 169 g/mol. The van der Waals surface area contributed by atoms with Crippen molar-refractivity contribution in [2.75, 3.05) is 7.05 Å². The summed E-state index contributed by atoms with van der Waals surface area (Å²) in [6, 6.07) is 7.19. The smallest absolute Gasteiger partial charge is 0.0592 e. The van der Waals surface area contributed by atoms with Crippen LogP contribution in [-0.4, -0.2) is 7.05 Å². The van der Waals surface area contributed by atoms with Gasteiger partial charge in [-0.3, -0.25) is 0 Å². The van der Waals surface area contributed by atoms with E-state index < -0.39 is 0 Å². The van der Waals surface area contributed by atoms with Crippen LogP contribution in [0.4, 0.5) is 0 Å². The van der Waals surface area contributed by atoms with Crippen LogP contribution in [0.25, 0.3) is 0 Å². The summed E-state index contributed by atoms with van der Waals surface area (Å²) in [5.41, 5.74) is 4.50. The summed E-state index contributed by atoms with van der Waals surface area (Å²) in [5.74, 6) is 0. The fourth-order valence-electron chi connectivity index (χ4n) is 0.439. The van der Waals surface area contributed by atoms with Crippen molar-refractivity contribution in [1.82, 2.24) is 0 Å². The van der Waals surface area contributed by atoms with Gasteiger partial charge >= 0.3 is 0 Å². The van der Waals surface area contributed by atoms with Gasteiger partial charge in [-0.1, -0.05) is 35.3 Å². The Kier molecular flexibility index (Phi) is 5.40. The fraction of sp³-hybridized carbons (Fsp3) is 0.143. The third-order valence-electron chi connectivity index (χ3n) is 0.824. The van der Waals surface area contributed by atoms with E-state index in [9.17, 15) is 0 Å². The van der Waals surface area contributed by atoms with Crippen molar-refractivity contribution in [3.05, 3.63) is 34.3 Å². The van der Waals surface area contributed by atoms with Crippen molar-refractivity contribution in [3.8, 4) is 0 Å². The monoisotopic (exact) mass is 177 g/mol. The molecule has 56 valence electrons. The summed E-state index contributed by atoms with van der Waals surface area (Å²) in [5, 5.41) is 1.21. The standard InChI is InChI=1S/C6H4Cl2.CH5N/c7-5-3-1-2-4-6(5)8;1-2/h1-4H;2H2,1H3. The molecule has 0 bridgehead atoms. The average Bonchev–Trinajstić information content (AvgIpc) is 2.00. The maximum atomic E-state index is 5.58. The molecule has 0 radical (unpaired) electrons. The largest absolute Gasteiger partial charge is 0.333 e. The van der Waals surface area contributed by atoms with Crippen LogP contribution < -0.4 is 5.73 Å². The summed E-state index contributed by atoms with van der Waals surface area (Å²) in [7, 11) is 1.50. The third-order valence-corrected chi connectivity index (χ3v) is 1.58. The first-order chi connectivity index (χ1) is 4.80. The molecule has 0 aliphatic heterocycles. The summed E-state index contributed by atoms with van der Waals surface area (Å²) >= 11 is 11.2. The van der Waals surface area contributed by atoms with E-state index in [-0.39, 0.29) is 0 Å². The molecule has 0 heterocycles. The van der Waals surface area contributed by atoms with Crippen LogP contribution >= 0.6 is 23.2 Å². The first-order valence-electron chi connectivity index (χ1n) is 2.78. The van der Waals surface area contributed by atoms with Crippen molar-refractivity contribution in [2.45, 2.75) is 0 Å². The molecule has 0 amide bonds. The molecule has 0 fully saturated rings. The summed E-state index contributed by atoms with van der Waals surface area (Å²) in [6.45, 7) is 0. The molecule has 0 atom stereocenters. The molecule has 0 aliphatic carbocycles. The first kappa shape index (κ1) is 9.76. The molecule has 1 nitrogen and oxygen atoms in total. The average molecular weight is 178 g/mol. The van der Waals surface area contributed by atoms with Gasteiger partial charge < -0.3 is 5.73 Å². The van der Waals surface area contributed by atoms with E-state index in [1.165, 1.54) is 7.05 Å². The van der Waals surface area contributed by atoms with Crippen LogP contribution in [0.3, 0.4) is 0 Å². The van der Waals surface area contributed by atoms with Crippen LogP contribution in [0, 0.1) is 0 Å². The Bertz CT molecular complexity index is 168. The number of nitrogens with two attached hydrogens (primary N) is 1. The first-order valence-corrected chi connectivity index (χ1v) is 3.54. The lowest BCUT2D eigenvalue weighted by Gasteiger charge is -1.88. The fourth-order valence-corrected chi connectivity index (χ4v) is 0.711. The van der Waals surface area contributed by atoms with Gasteiger partial charge in [0, 0.05) is 0 Å². The molecule has 1 aromatic carbocycles. The number of benzene rings is 1. The van der Waals surface area contributed by atoms with Gasteiger partial charge in [-0.2, -0.15) is 0 Å². The predicted molar refractivity (Wildman–Crippen MR) is 46.6 cm³/mol. The lowest BCUT2D eigenvalue weighted by Crippen LogP contribution is -1.69. The normalized spacial score (nSPS) is 8.00. The van der Waals surface area contributed by atoms with Crippen molar-refractivity contribution < 1.29 is 0 Å². The molecule has 0 spiro atoms. The highest BCUT2D eigenvalue weighted by Gasteiger charge is 1.89. The molecule has 2 N–H and O–H groups in total. The molecule has 0 saturated heterocycles. The quantitative estimate of drug-likeness (QED) is 0.649. The molecule has 0 aromatic heterocycles. The lowest BCUT2D eigenvalue weighted by atomic mass is 10.4. The molecular formula is C7H9Cl2N. The van der Waals surface area contributed by atoms with Gasteiger partial charge in [-0.15, -0.1) is 0 Å². The Balaban J connectivity index is 0.000000371. The second-order valence-electron chi connectivity index (χ2n) is 1.41. The van der Waals surface area contributed by atoms with Gasteiger partial charge in [0.2, 0.25) is 0 Å². The summed E-state index contributed by atoms with van der Waals surface area (Å²) in [6.07, 6.45) is 0. The molecule has 0 unspecified atom stereocenters. The van der Waals surface area contributed by atoms with E-state index in [2.05, 4.69) is 5.73 Å². The number of rotatable bonds is 0. The summed E-state index contributed by atoms with van der Waals surface area (Å²) < 4.78 is 0. The SMILES string of the molecule is CN.Clc1ccccc1Cl. The zero-order valence-electron chi connectivity index (χ0n) is 5.64. The Hall–Kier alpha value is -0.240. The molecule has 3 heteroatoms. The summed E-state index contributed by atoms with van der Waals surface area (Å²) in [4.78, 5) is 0. The van der Waals surface area contributed by atoms with Crippen molar-refractivity contribution in [2.24, 2.45) is 5.73 Å². The minimum Gasteiger partial charge on any atom is -0.333 e. The maximum absolute atomic E-state index is 5.58. The van der Waals surface area contributed by atoms with E-state index in [0.717, 1.165) is 0 Å². The minimum absolute atomic E-state index is 0.606. The second kappa shape index (κ2) is 5.54. The van der Waals surface area contributed by atoms with E-state index in [4.69, 9.17) is 23.2 Å². The van der Waals surface area contributed by atoms with Crippen molar-refractivity contribution >= 4 is 23.2 Å². The van der Waals surface area contributed by atoms with Crippen LogP contribution in [0.2, 0.25) is 10.0 Å². The number of halogens is 2. The minimum atomic E-state index is 0.606. The Morgan fingerprint density at radius 1 is 1.00 bits per heavy atom. The zero-order valence-corrected chi connectivity index (χ0v) is 7.15. The number of hydrogen-bond donors (Lipinski definition) is 1. The van der Waals surface area contributed by atoms with Crippen LogP contribution in [0.1, 0.15) is 0 Å². The molecule has 1 aromatic rings. The van der Waals surface area contributed by atoms with Crippen molar-refractivity contribution in [3.63, 3.8) is 0 Å². The molecule has 0 aliphatic rings. The van der Waals surface area contributed by atoms with Gasteiger partial charge in [0.1, 0.15) is 0 Å². The van der Waals surface area contributed by atoms with Gasteiger partial charge in [-0.05, 0) is 19.2 Å². The molecule has 0 saturated carbocycles. The third kappa shape index (κ3) is 3.06. The van der Waals surface area contributed by atoms with Gasteiger partial charge in [-0.25, -0.2) is 0 Å². The van der Waals surface area contributed by atoms with Crippen molar-refractivity contribution in [1.29, 1.82) is 0 Å². The highest BCUT2D eigenvalue weighted by Crippen LogP contribution is 2.19. The van der Waals surface area contributed by atoms with Gasteiger partial charge in [0.15, 0.2) is 0 Å². The lowest BCUT2D eigenvalue weighted by molar-refractivity contribution is 1.48. The molecule has 1 rings (SSSR count). The Morgan fingerprint density at radius 3 is 1.50 bits per heavy atom. The highest BCUT2D eigenvalue weighted by molar-refractivity contribution is 6.41. The van der Waals surface area contributed by atoms with Gasteiger partial charge in [0.25, 0.3) is 0 Å². The Morgan fingerprint density at radius 2 is 1.30 bits per heavy atom. The highest BCUT2D eigenvalue weighted by atomic mass is 35.5. The topological polar surface area (TPSA) is 26.0 Å². The zero-order chi connectivity index (χ0) is 7.98. The maximum Gasteiger partial charge on any atom is 0.0592 e.